The first-order chi connectivity index (χ1) is 11.0. The van der Waals surface area contributed by atoms with Crippen LogP contribution in [0.5, 0.6) is 0 Å². The van der Waals surface area contributed by atoms with Gasteiger partial charge >= 0.3 is 0 Å². The van der Waals surface area contributed by atoms with Gasteiger partial charge in [-0.2, -0.15) is 0 Å². The molecule has 1 aliphatic rings. The van der Waals surface area contributed by atoms with Gasteiger partial charge in [0.1, 0.15) is 0 Å². The molecule has 0 radical (unpaired) electrons. The topological polar surface area (TPSA) is 52.6 Å². The lowest BCUT2D eigenvalue weighted by Gasteiger charge is -2.33. The zero-order valence-electron chi connectivity index (χ0n) is 14.0. The van der Waals surface area contributed by atoms with E-state index >= 15 is 0 Å². The van der Waals surface area contributed by atoms with Crippen LogP contribution in [0.4, 0.5) is 0 Å². The number of benzene rings is 1. The molecule has 1 atom stereocenters. The van der Waals surface area contributed by atoms with Crippen molar-refractivity contribution in [3.63, 3.8) is 0 Å². The van der Waals surface area contributed by atoms with Gasteiger partial charge in [-0.15, -0.1) is 0 Å². The van der Waals surface area contributed by atoms with Crippen molar-refractivity contribution < 1.29 is 9.90 Å². The molecule has 128 valence electrons. The molecule has 1 heterocycles. The number of carbonyl (C=O) groups is 1. The third-order valence-corrected chi connectivity index (χ3v) is 4.86. The fourth-order valence-corrected chi connectivity index (χ4v) is 3.08. The van der Waals surface area contributed by atoms with Crippen molar-refractivity contribution >= 4 is 17.5 Å². The molecule has 23 heavy (non-hydrogen) atoms. The van der Waals surface area contributed by atoms with Crippen LogP contribution in [0.25, 0.3) is 0 Å². The van der Waals surface area contributed by atoms with Gasteiger partial charge < -0.3 is 15.3 Å². The summed E-state index contributed by atoms with van der Waals surface area (Å²) < 4.78 is 0. The molecule has 1 unspecified atom stereocenters. The Hall–Kier alpha value is -1.10. The summed E-state index contributed by atoms with van der Waals surface area (Å²) in [5.74, 6) is 0.316. The van der Waals surface area contributed by atoms with Crippen molar-refractivity contribution in [2.24, 2.45) is 5.92 Å². The van der Waals surface area contributed by atoms with Crippen LogP contribution in [-0.2, 0) is 0 Å². The Morgan fingerprint density at radius 2 is 2.00 bits per heavy atom. The maximum atomic E-state index is 12.5. The van der Waals surface area contributed by atoms with E-state index in [1.165, 1.54) is 0 Å². The van der Waals surface area contributed by atoms with Crippen LogP contribution >= 0.6 is 11.6 Å². The Morgan fingerprint density at radius 1 is 1.35 bits per heavy atom. The summed E-state index contributed by atoms with van der Waals surface area (Å²) in [6.07, 6.45) is 2.41. The summed E-state index contributed by atoms with van der Waals surface area (Å²) in [6, 6.07) is 7.63. The lowest BCUT2D eigenvalue weighted by Crippen LogP contribution is -2.45. The second-order valence-electron chi connectivity index (χ2n) is 6.60. The van der Waals surface area contributed by atoms with Gasteiger partial charge in [0, 0.05) is 19.1 Å². The highest BCUT2D eigenvalue weighted by atomic mass is 35.5. The Balaban J connectivity index is 1.76. The molecule has 1 amide bonds. The number of hydrogen-bond donors (Lipinski definition) is 2. The van der Waals surface area contributed by atoms with E-state index in [-0.39, 0.29) is 12.0 Å². The Bertz CT molecular complexity index is 513. The van der Waals surface area contributed by atoms with Crippen molar-refractivity contribution in [3.05, 3.63) is 34.9 Å². The van der Waals surface area contributed by atoms with E-state index < -0.39 is 0 Å². The van der Waals surface area contributed by atoms with E-state index in [9.17, 15) is 9.90 Å². The molecular weight excluding hydrogens is 312 g/mol. The van der Waals surface area contributed by atoms with E-state index in [4.69, 9.17) is 11.6 Å². The molecule has 0 saturated carbocycles. The second-order valence-corrected chi connectivity index (χ2v) is 7.01. The third kappa shape index (κ3) is 5.20. The van der Waals surface area contributed by atoms with Crippen LogP contribution in [0.3, 0.4) is 0 Å². The van der Waals surface area contributed by atoms with Crippen molar-refractivity contribution in [3.8, 4) is 0 Å². The highest BCUT2D eigenvalue weighted by Crippen LogP contribution is 2.20. The van der Waals surface area contributed by atoms with E-state index in [2.05, 4.69) is 5.32 Å². The highest BCUT2D eigenvalue weighted by molar-refractivity contribution is 6.33. The van der Waals surface area contributed by atoms with Crippen molar-refractivity contribution in [1.29, 1.82) is 0 Å². The second kappa shape index (κ2) is 8.67. The fraction of sp³-hybridized carbons (Fsp3) is 0.611. The smallest absolute Gasteiger partial charge is 0.255 e. The summed E-state index contributed by atoms with van der Waals surface area (Å²) in [4.78, 5) is 14.4. The molecule has 2 rings (SSSR count). The number of hydrogen-bond acceptors (Lipinski definition) is 3. The Labute approximate surface area is 143 Å². The van der Waals surface area contributed by atoms with E-state index in [0.29, 0.717) is 22.5 Å². The summed E-state index contributed by atoms with van der Waals surface area (Å²) in [6.45, 7) is 6.37. The summed E-state index contributed by atoms with van der Waals surface area (Å²) in [5.41, 5.74) is 0.584. The molecule has 1 aromatic carbocycles. The molecule has 5 heteroatoms. The molecule has 4 nitrogen and oxygen atoms in total. The van der Waals surface area contributed by atoms with Gasteiger partial charge in [0.25, 0.3) is 5.91 Å². The predicted molar refractivity (Wildman–Crippen MR) is 93.8 cm³/mol. The van der Waals surface area contributed by atoms with Gasteiger partial charge in [-0.25, -0.2) is 0 Å². The molecular formula is C18H27ClN2O2. The van der Waals surface area contributed by atoms with Crippen LogP contribution in [0.2, 0.25) is 5.02 Å². The zero-order valence-corrected chi connectivity index (χ0v) is 14.7. The molecule has 0 bridgehead atoms. The Kier molecular flexibility index (Phi) is 6.88. The maximum Gasteiger partial charge on any atom is 0.255 e. The fourth-order valence-electron chi connectivity index (χ4n) is 2.86. The van der Waals surface area contributed by atoms with Gasteiger partial charge in [-0.3, -0.25) is 4.79 Å². The molecule has 1 saturated heterocycles. The predicted octanol–water partition coefficient (Wildman–Crippen LogP) is 2.94. The summed E-state index contributed by atoms with van der Waals surface area (Å²) >= 11 is 6.11. The maximum absolute atomic E-state index is 12.5. The number of likely N-dealkylation sites (tertiary alicyclic amines) is 1. The lowest BCUT2D eigenvalue weighted by atomic mass is 10.0. The minimum Gasteiger partial charge on any atom is -0.393 e. The normalized spacial score (nSPS) is 17.5. The standard InChI is InChI=1S/C18H27ClN2O2/c1-13(2)17(22)7-10-20-14-8-11-21(12-9-14)18(23)15-5-3-4-6-16(15)19/h3-6,13-14,17,20,22H,7-12H2,1-2H3. The number of aliphatic hydroxyl groups excluding tert-OH is 1. The number of nitrogens with one attached hydrogen (secondary N) is 1. The van der Waals surface area contributed by atoms with Crippen molar-refractivity contribution in [1.82, 2.24) is 10.2 Å². The van der Waals surface area contributed by atoms with Crippen molar-refractivity contribution in [2.45, 2.75) is 45.3 Å². The molecule has 1 fully saturated rings. The number of nitrogens with zero attached hydrogens (tertiary/aromatic N) is 1. The van der Waals surface area contributed by atoms with Gasteiger partial charge in [-0.1, -0.05) is 37.6 Å². The molecule has 2 N–H and O–H groups in total. The first-order valence-electron chi connectivity index (χ1n) is 8.44. The molecule has 0 spiro atoms. The lowest BCUT2D eigenvalue weighted by molar-refractivity contribution is 0.0702. The van der Waals surface area contributed by atoms with Crippen LogP contribution < -0.4 is 5.32 Å². The molecule has 0 aromatic heterocycles. The first-order valence-corrected chi connectivity index (χ1v) is 8.82. The average molecular weight is 339 g/mol. The molecule has 1 aromatic rings. The first kappa shape index (κ1) is 18.2. The summed E-state index contributed by atoms with van der Waals surface area (Å²) in [7, 11) is 0. The molecule has 0 aliphatic carbocycles. The third-order valence-electron chi connectivity index (χ3n) is 4.53. The quantitative estimate of drug-likeness (QED) is 0.838. The van der Waals surface area contributed by atoms with Crippen LogP contribution in [0.15, 0.2) is 24.3 Å². The number of amides is 1. The van der Waals surface area contributed by atoms with E-state index in [0.717, 1.165) is 38.9 Å². The number of piperidine rings is 1. The van der Waals surface area contributed by atoms with Crippen LogP contribution in [0, 0.1) is 5.92 Å². The van der Waals surface area contributed by atoms with Crippen LogP contribution in [-0.4, -0.2) is 47.7 Å². The average Bonchev–Trinajstić information content (AvgIpc) is 2.55. The van der Waals surface area contributed by atoms with Gasteiger partial charge in [0.05, 0.1) is 16.7 Å². The number of halogens is 1. The minimum atomic E-state index is -0.246. The van der Waals surface area contributed by atoms with Crippen molar-refractivity contribution in [2.75, 3.05) is 19.6 Å². The number of rotatable bonds is 6. The number of aliphatic hydroxyl groups is 1. The molecule has 1 aliphatic heterocycles. The Morgan fingerprint density at radius 3 is 2.61 bits per heavy atom. The minimum absolute atomic E-state index is 0.0179. The van der Waals surface area contributed by atoms with E-state index in [1.54, 1.807) is 12.1 Å². The van der Waals surface area contributed by atoms with Gasteiger partial charge in [0.2, 0.25) is 0 Å². The van der Waals surface area contributed by atoms with Crippen LogP contribution in [0.1, 0.15) is 43.5 Å². The van der Waals surface area contributed by atoms with E-state index in [1.807, 2.05) is 30.9 Å². The monoisotopic (exact) mass is 338 g/mol. The summed E-state index contributed by atoms with van der Waals surface area (Å²) in [5, 5.41) is 13.8. The zero-order chi connectivity index (χ0) is 16.8. The largest absolute Gasteiger partial charge is 0.393 e. The highest BCUT2D eigenvalue weighted by Gasteiger charge is 2.24. The van der Waals surface area contributed by atoms with Gasteiger partial charge in [-0.05, 0) is 43.9 Å². The SMILES string of the molecule is CC(C)C(O)CCNC1CCN(C(=O)c2ccccc2Cl)CC1. The number of carbonyl (C=O) groups excluding carboxylic acids is 1. The van der Waals surface area contributed by atoms with Gasteiger partial charge in [0.15, 0.2) is 0 Å².